The Kier molecular flexibility index (Phi) is 7.93. The van der Waals surface area contributed by atoms with Gasteiger partial charge < -0.3 is 19.5 Å². The Morgan fingerprint density at radius 3 is 2.51 bits per heavy atom. The van der Waals surface area contributed by atoms with Gasteiger partial charge in [0.05, 0.1) is 23.8 Å². The fraction of sp³-hybridized carbons (Fsp3) is 0.323. The highest BCUT2D eigenvalue weighted by atomic mass is 16.5. The van der Waals surface area contributed by atoms with Gasteiger partial charge in [-0.05, 0) is 79.3 Å². The first-order valence-electron chi connectivity index (χ1n) is 13.3. The molecule has 1 fully saturated rings. The largest absolute Gasteiger partial charge is 0.483 e. The Bertz CT molecular complexity index is 1360. The number of rotatable bonds is 10. The molecule has 2 atom stereocenters. The second-order valence-corrected chi connectivity index (χ2v) is 9.87. The number of anilines is 1. The van der Waals surface area contributed by atoms with E-state index in [-0.39, 0.29) is 37.0 Å². The van der Waals surface area contributed by atoms with Crippen LogP contribution in [0, 0.1) is 0 Å². The normalized spacial score (nSPS) is 17.2. The minimum Gasteiger partial charge on any atom is -0.483 e. The third-order valence-corrected chi connectivity index (χ3v) is 7.15. The molecule has 1 saturated heterocycles. The molecule has 8 nitrogen and oxygen atoms in total. The molecule has 0 spiro atoms. The van der Waals surface area contributed by atoms with Crippen LogP contribution in [-0.4, -0.2) is 48.5 Å². The molecule has 5 rings (SSSR count). The van der Waals surface area contributed by atoms with Crippen LogP contribution in [0.2, 0.25) is 0 Å². The maximum absolute atomic E-state index is 12.9. The summed E-state index contributed by atoms with van der Waals surface area (Å²) in [6.07, 6.45) is 2.66. The fourth-order valence-electron chi connectivity index (χ4n) is 4.81. The topological polar surface area (TPSA) is 94.2 Å². The van der Waals surface area contributed by atoms with E-state index in [9.17, 15) is 14.4 Å². The van der Waals surface area contributed by atoms with Gasteiger partial charge in [0.1, 0.15) is 17.2 Å². The van der Waals surface area contributed by atoms with Crippen molar-refractivity contribution in [3.05, 3.63) is 83.4 Å². The molecule has 0 aliphatic carbocycles. The summed E-state index contributed by atoms with van der Waals surface area (Å²) in [6, 6.07) is 19.6. The van der Waals surface area contributed by atoms with Crippen molar-refractivity contribution in [2.24, 2.45) is 0 Å². The van der Waals surface area contributed by atoms with Crippen molar-refractivity contribution in [1.82, 2.24) is 4.90 Å². The van der Waals surface area contributed by atoms with Crippen LogP contribution >= 0.6 is 0 Å². The van der Waals surface area contributed by atoms with Crippen molar-refractivity contribution in [2.75, 3.05) is 25.1 Å². The molecule has 0 bridgehead atoms. The van der Waals surface area contributed by atoms with E-state index in [2.05, 4.69) is 19.2 Å². The molecule has 3 aromatic rings. The first-order chi connectivity index (χ1) is 18.9. The molecule has 1 N–H and O–H groups in total. The summed E-state index contributed by atoms with van der Waals surface area (Å²) in [6.45, 7) is 5.08. The molecular formula is C31H32N2O6. The standard InChI is InChI=1S/C31H32N2O6/c1-3-20(2)25-8-4-5-9-28(25)38-19-29(34)32-21-10-12-22(13-11-21)39-23-14-15-26-27(17-23)31(36)33(30(26)35)18-24-7-6-16-37-24/h4-5,8-15,17,20,24H,3,6-7,16,18-19H2,1-2H3,(H,32,34). The summed E-state index contributed by atoms with van der Waals surface area (Å²) in [5.74, 6) is 1.13. The number of amides is 3. The van der Waals surface area contributed by atoms with E-state index in [4.69, 9.17) is 14.2 Å². The van der Waals surface area contributed by atoms with Crippen LogP contribution in [0.3, 0.4) is 0 Å². The molecule has 2 aliphatic heterocycles. The van der Waals surface area contributed by atoms with Gasteiger partial charge in [-0.15, -0.1) is 0 Å². The van der Waals surface area contributed by atoms with Gasteiger partial charge in [-0.2, -0.15) is 0 Å². The minimum atomic E-state index is -0.331. The molecule has 0 saturated carbocycles. The van der Waals surface area contributed by atoms with E-state index in [1.807, 2.05) is 24.3 Å². The molecule has 3 aromatic carbocycles. The van der Waals surface area contributed by atoms with Gasteiger partial charge in [0.15, 0.2) is 6.61 Å². The van der Waals surface area contributed by atoms with Gasteiger partial charge in [0.2, 0.25) is 0 Å². The number of hydrogen-bond acceptors (Lipinski definition) is 6. The Hall–Kier alpha value is -4.17. The lowest BCUT2D eigenvalue weighted by atomic mass is 9.98. The van der Waals surface area contributed by atoms with Gasteiger partial charge in [-0.25, -0.2) is 0 Å². The van der Waals surface area contributed by atoms with Crippen molar-refractivity contribution in [3.63, 3.8) is 0 Å². The SMILES string of the molecule is CCC(C)c1ccccc1OCC(=O)Nc1ccc(Oc2ccc3c(c2)C(=O)N(CC2CCCO2)C3=O)cc1. The summed E-state index contributed by atoms with van der Waals surface area (Å²) in [4.78, 5) is 39.4. The minimum absolute atomic E-state index is 0.0997. The smallest absolute Gasteiger partial charge is 0.262 e. The third kappa shape index (κ3) is 5.96. The number of fused-ring (bicyclic) bond motifs is 1. The summed E-state index contributed by atoms with van der Waals surface area (Å²) >= 11 is 0. The molecular weight excluding hydrogens is 496 g/mol. The number of carbonyl (C=O) groups excluding carboxylic acids is 3. The van der Waals surface area contributed by atoms with Crippen LogP contribution in [0.1, 0.15) is 65.3 Å². The third-order valence-electron chi connectivity index (χ3n) is 7.15. The average Bonchev–Trinajstić information content (AvgIpc) is 3.55. The Labute approximate surface area is 227 Å². The number of carbonyl (C=O) groups is 3. The summed E-state index contributed by atoms with van der Waals surface area (Å²) < 4.78 is 17.3. The monoisotopic (exact) mass is 528 g/mol. The second-order valence-electron chi connectivity index (χ2n) is 9.87. The van der Waals surface area contributed by atoms with Crippen LogP contribution < -0.4 is 14.8 Å². The van der Waals surface area contributed by atoms with E-state index >= 15 is 0 Å². The van der Waals surface area contributed by atoms with Crippen molar-refractivity contribution in [3.8, 4) is 17.2 Å². The van der Waals surface area contributed by atoms with Gasteiger partial charge in [0, 0.05) is 12.3 Å². The molecule has 8 heteroatoms. The molecule has 0 aromatic heterocycles. The number of para-hydroxylation sites is 1. The van der Waals surface area contributed by atoms with Crippen molar-refractivity contribution in [1.29, 1.82) is 0 Å². The summed E-state index contributed by atoms with van der Waals surface area (Å²) in [7, 11) is 0. The van der Waals surface area contributed by atoms with Crippen LogP contribution in [-0.2, 0) is 9.53 Å². The highest BCUT2D eigenvalue weighted by Crippen LogP contribution is 2.31. The van der Waals surface area contributed by atoms with Gasteiger partial charge in [-0.1, -0.05) is 32.0 Å². The predicted molar refractivity (Wildman–Crippen MR) is 147 cm³/mol. The number of nitrogens with zero attached hydrogens (tertiary/aromatic N) is 1. The Balaban J connectivity index is 1.17. The van der Waals surface area contributed by atoms with E-state index < -0.39 is 0 Å². The molecule has 2 unspecified atom stereocenters. The molecule has 202 valence electrons. The Morgan fingerprint density at radius 2 is 1.77 bits per heavy atom. The van der Waals surface area contributed by atoms with Crippen LogP contribution in [0.5, 0.6) is 17.2 Å². The quantitative estimate of drug-likeness (QED) is 0.335. The highest BCUT2D eigenvalue weighted by molar-refractivity contribution is 6.21. The Morgan fingerprint density at radius 1 is 1.03 bits per heavy atom. The lowest BCUT2D eigenvalue weighted by molar-refractivity contribution is -0.118. The zero-order valence-corrected chi connectivity index (χ0v) is 22.1. The average molecular weight is 529 g/mol. The predicted octanol–water partition coefficient (Wildman–Crippen LogP) is 5.78. The first-order valence-corrected chi connectivity index (χ1v) is 13.3. The number of imide groups is 1. The fourth-order valence-corrected chi connectivity index (χ4v) is 4.81. The molecule has 2 heterocycles. The van der Waals surface area contributed by atoms with Crippen LogP contribution in [0.15, 0.2) is 66.7 Å². The second kappa shape index (κ2) is 11.7. The molecule has 39 heavy (non-hydrogen) atoms. The maximum atomic E-state index is 12.9. The van der Waals surface area contributed by atoms with Gasteiger partial charge in [-0.3, -0.25) is 19.3 Å². The summed E-state index contributed by atoms with van der Waals surface area (Å²) in [5.41, 5.74) is 2.39. The van der Waals surface area contributed by atoms with Crippen LogP contribution in [0.4, 0.5) is 5.69 Å². The lowest BCUT2D eigenvalue weighted by Gasteiger charge is -2.17. The number of benzene rings is 3. The van der Waals surface area contributed by atoms with Crippen molar-refractivity contribution < 1.29 is 28.6 Å². The van der Waals surface area contributed by atoms with E-state index in [0.717, 1.165) is 30.6 Å². The lowest BCUT2D eigenvalue weighted by Crippen LogP contribution is -2.36. The zero-order chi connectivity index (χ0) is 27.4. The van der Waals surface area contributed by atoms with Gasteiger partial charge >= 0.3 is 0 Å². The van der Waals surface area contributed by atoms with E-state index in [1.165, 1.54) is 4.90 Å². The highest BCUT2D eigenvalue weighted by Gasteiger charge is 2.37. The molecule has 0 radical (unpaired) electrons. The van der Waals surface area contributed by atoms with E-state index in [1.54, 1.807) is 42.5 Å². The van der Waals surface area contributed by atoms with Crippen LogP contribution in [0.25, 0.3) is 0 Å². The van der Waals surface area contributed by atoms with Crippen molar-refractivity contribution >= 4 is 23.4 Å². The number of hydrogen-bond donors (Lipinski definition) is 1. The van der Waals surface area contributed by atoms with Gasteiger partial charge in [0.25, 0.3) is 17.7 Å². The number of nitrogens with one attached hydrogen (secondary N) is 1. The summed E-state index contributed by atoms with van der Waals surface area (Å²) in [5, 5.41) is 2.83. The molecule has 3 amide bonds. The van der Waals surface area contributed by atoms with E-state index in [0.29, 0.717) is 40.8 Å². The maximum Gasteiger partial charge on any atom is 0.262 e. The van der Waals surface area contributed by atoms with Crippen molar-refractivity contribution in [2.45, 2.75) is 45.1 Å². The first kappa shape index (κ1) is 26.4. The molecule has 2 aliphatic rings. The zero-order valence-electron chi connectivity index (χ0n) is 22.1. The number of ether oxygens (including phenoxy) is 3.